The molecule has 2 heterocycles. The topological polar surface area (TPSA) is 79.3 Å². The summed E-state index contributed by atoms with van der Waals surface area (Å²) in [5.74, 6) is -0.885. The first-order chi connectivity index (χ1) is 16.3. The number of likely N-dealkylation sites (tertiary alicyclic amines) is 1. The summed E-state index contributed by atoms with van der Waals surface area (Å²) in [5.41, 5.74) is 1.18. The van der Waals surface area contributed by atoms with Crippen molar-refractivity contribution < 1.29 is 24.2 Å². The van der Waals surface area contributed by atoms with E-state index in [9.17, 15) is 14.7 Å². The molecular formula is C26H29ClN2O5. The summed E-state index contributed by atoms with van der Waals surface area (Å²) in [6, 6.07) is 13.2. The highest BCUT2D eigenvalue weighted by Crippen LogP contribution is 2.40. The van der Waals surface area contributed by atoms with Crippen molar-refractivity contribution in [1.29, 1.82) is 0 Å². The predicted molar refractivity (Wildman–Crippen MR) is 130 cm³/mol. The van der Waals surface area contributed by atoms with Gasteiger partial charge in [0.15, 0.2) is 0 Å². The highest BCUT2D eigenvalue weighted by atomic mass is 35.5. The van der Waals surface area contributed by atoms with Crippen molar-refractivity contribution in [2.45, 2.75) is 26.0 Å². The molecule has 0 aromatic heterocycles. The number of carbonyl (C=O) groups is 2. The fourth-order valence-corrected chi connectivity index (χ4v) is 4.53. The largest absolute Gasteiger partial charge is 0.507 e. The minimum Gasteiger partial charge on any atom is -0.507 e. The van der Waals surface area contributed by atoms with Gasteiger partial charge in [-0.1, -0.05) is 23.7 Å². The molecule has 1 atom stereocenters. The van der Waals surface area contributed by atoms with Crippen molar-refractivity contribution in [2.24, 2.45) is 0 Å². The van der Waals surface area contributed by atoms with Gasteiger partial charge in [-0.2, -0.15) is 0 Å². The Hall–Kier alpha value is -2.87. The molecule has 0 spiro atoms. The van der Waals surface area contributed by atoms with Gasteiger partial charge in [0.2, 0.25) is 0 Å². The monoisotopic (exact) mass is 484 g/mol. The third-order valence-electron chi connectivity index (χ3n) is 5.96. The minimum atomic E-state index is -0.730. The molecule has 7 nitrogen and oxygen atoms in total. The lowest BCUT2D eigenvalue weighted by atomic mass is 9.95. The van der Waals surface area contributed by atoms with Crippen LogP contribution < -0.4 is 4.74 Å². The second kappa shape index (κ2) is 10.6. The first-order valence-electron chi connectivity index (χ1n) is 11.5. The van der Waals surface area contributed by atoms with Crippen molar-refractivity contribution in [3.8, 4) is 5.75 Å². The van der Waals surface area contributed by atoms with E-state index in [-0.39, 0.29) is 17.4 Å². The Morgan fingerprint density at radius 1 is 1.12 bits per heavy atom. The summed E-state index contributed by atoms with van der Waals surface area (Å²) in [4.78, 5) is 30.0. The number of hydrogen-bond acceptors (Lipinski definition) is 6. The Labute approximate surface area is 204 Å². The summed E-state index contributed by atoms with van der Waals surface area (Å²) < 4.78 is 11.1. The molecule has 0 bridgehead atoms. The lowest BCUT2D eigenvalue weighted by Gasteiger charge is -2.31. The zero-order valence-corrected chi connectivity index (χ0v) is 20.1. The third kappa shape index (κ3) is 5.27. The van der Waals surface area contributed by atoms with Crippen LogP contribution in [0, 0.1) is 0 Å². The second-order valence-electron chi connectivity index (χ2n) is 8.69. The van der Waals surface area contributed by atoms with E-state index in [1.807, 2.05) is 19.9 Å². The normalized spacial score (nSPS) is 20.8. The molecule has 0 unspecified atom stereocenters. The van der Waals surface area contributed by atoms with Gasteiger partial charge in [0.1, 0.15) is 11.5 Å². The van der Waals surface area contributed by atoms with E-state index in [0.29, 0.717) is 48.2 Å². The van der Waals surface area contributed by atoms with E-state index in [1.54, 1.807) is 42.5 Å². The molecule has 2 aliphatic rings. The fourth-order valence-electron chi connectivity index (χ4n) is 4.33. The van der Waals surface area contributed by atoms with Gasteiger partial charge in [0.05, 0.1) is 30.9 Å². The van der Waals surface area contributed by atoms with Gasteiger partial charge in [-0.25, -0.2) is 0 Å². The number of amides is 1. The Morgan fingerprint density at radius 2 is 1.82 bits per heavy atom. The summed E-state index contributed by atoms with van der Waals surface area (Å²) in [6.07, 6.45) is 0.0130. The molecule has 1 N–H and O–H groups in total. The van der Waals surface area contributed by atoms with Crippen LogP contribution in [0.4, 0.5) is 0 Å². The van der Waals surface area contributed by atoms with E-state index in [4.69, 9.17) is 21.1 Å². The van der Waals surface area contributed by atoms with Crippen LogP contribution in [-0.2, 0) is 14.3 Å². The maximum absolute atomic E-state index is 13.2. The molecule has 0 saturated carbocycles. The number of aliphatic hydroxyl groups is 1. The van der Waals surface area contributed by atoms with Crippen molar-refractivity contribution >= 4 is 29.1 Å². The molecule has 0 radical (unpaired) electrons. The smallest absolute Gasteiger partial charge is 0.295 e. The van der Waals surface area contributed by atoms with Crippen LogP contribution in [0.1, 0.15) is 31.0 Å². The summed E-state index contributed by atoms with van der Waals surface area (Å²) in [5, 5.41) is 11.7. The van der Waals surface area contributed by atoms with Crippen LogP contribution >= 0.6 is 11.6 Å². The van der Waals surface area contributed by atoms with Gasteiger partial charge in [0.25, 0.3) is 11.7 Å². The van der Waals surface area contributed by atoms with E-state index in [1.165, 1.54) is 4.90 Å². The number of ketones is 1. The number of aliphatic hydroxyl groups excluding tert-OH is 1. The number of rotatable bonds is 7. The van der Waals surface area contributed by atoms with Gasteiger partial charge in [0, 0.05) is 36.8 Å². The first-order valence-corrected chi connectivity index (χ1v) is 11.8. The van der Waals surface area contributed by atoms with Gasteiger partial charge >= 0.3 is 0 Å². The molecule has 0 aliphatic carbocycles. The van der Waals surface area contributed by atoms with Crippen molar-refractivity contribution in [3.63, 3.8) is 0 Å². The number of benzene rings is 2. The molecule has 2 aliphatic heterocycles. The van der Waals surface area contributed by atoms with E-state index in [2.05, 4.69) is 4.90 Å². The average molecular weight is 485 g/mol. The fraction of sp³-hybridized carbons (Fsp3) is 0.385. The standard InChI is InChI=1S/C26H29ClN2O5/c1-17(2)34-21-8-6-18(7-9-21)24(30)22-23(19-4-3-5-20(27)16-19)29(26(32)25(22)31)11-10-28-12-14-33-15-13-28/h3-9,16-17,23,30H,10-15H2,1-2H3/t23-/m0/s1. The summed E-state index contributed by atoms with van der Waals surface area (Å²) in [7, 11) is 0. The first kappa shape index (κ1) is 24.3. The third-order valence-corrected chi connectivity index (χ3v) is 6.20. The van der Waals surface area contributed by atoms with Crippen molar-refractivity contribution in [2.75, 3.05) is 39.4 Å². The van der Waals surface area contributed by atoms with Gasteiger partial charge in [-0.3, -0.25) is 14.5 Å². The SMILES string of the molecule is CC(C)Oc1ccc(C(O)=C2C(=O)C(=O)N(CCN3CCOCC3)[C@H]2c2cccc(Cl)c2)cc1. The van der Waals surface area contributed by atoms with Crippen molar-refractivity contribution in [1.82, 2.24) is 9.80 Å². The Bertz CT molecular complexity index is 1080. The lowest BCUT2D eigenvalue weighted by Crippen LogP contribution is -2.42. The molecule has 8 heteroatoms. The molecule has 2 aromatic rings. The maximum atomic E-state index is 13.2. The van der Waals surface area contributed by atoms with Crippen LogP contribution in [0.2, 0.25) is 5.02 Å². The lowest BCUT2D eigenvalue weighted by molar-refractivity contribution is -0.140. The Morgan fingerprint density at radius 3 is 2.47 bits per heavy atom. The molecular weight excluding hydrogens is 456 g/mol. The summed E-state index contributed by atoms with van der Waals surface area (Å²) in [6.45, 7) is 7.65. The quantitative estimate of drug-likeness (QED) is 0.365. The van der Waals surface area contributed by atoms with Crippen molar-refractivity contribution in [3.05, 3.63) is 70.3 Å². The van der Waals surface area contributed by atoms with E-state index >= 15 is 0 Å². The summed E-state index contributed by atoms with van der Waals surface area (Å²) >= 11 is 6.24. The number of carbonyl (C=O) groups excluding carboxylic acids is 2. The zero-order chi connectivity index (χ0) is 24.2. The van der Waals surface area contributed by atoms with Crippen LogP contribution in [0.25, 0.3) is 5.76 Å². The van der Waals surface area contributed by atoms with Gasteiger partial charge < -0.3 is 19.5 Å². The number of morpholine rings is 1. The number of Topliss-reactive ketones (excluding diaryl/α,β-unsaturated/α-hetero) is 1. The minimum absolute atomic E-state index is 0.0130. The average Bonchev–Trinajstić information content (AvgIpc) is 3.08. The van der Waals surface area contributed by atoms with Gasteiger partial charge in [-0.15, -0.1) is 0 Å². The molecule has 2 saturated heterocycles. The molecule has 2 fully saturated rings. The molecule has 2 aromatic carbocycles. The molecule has 1 amide bonds. The van der Waals surface area contributed by atoms with E-state index in [0.717, 1.165) is 13.1 Å². The maximum Gasteiger partial charge on any atom is 0.295 e. The van der Waals surface area contributed by atoms with Crippen LogP contribution in [-0.4, -0.2) is 72.1 Å². The van der Waals surface area contributed by atoms with Gasteiger partial charge in [-0.05, 0) is 55.8 Å². The Balaban J connectivity index is 1.70. The van der Waals surface area contributed by atoms with Crippen LogP contribution in [0.15, 0.2) is 54.1 Å². The number of halogens is 1. The number of ether oxygens (including phenoxy) is 2. The number of nitrogens with zero attached hydrogens (tertiary/aromatic N) is 2. The number of hydrogen-bond donors (Lipinski definition) is 1. The highest BCUT2D eigenvalue weighted by Gasteiger charge is 2.46. The second-order valence-corrected chi connectivity index (χ2v) is 9.13. The molecule has 34 heavy (non-hydrogen) atoms. The highest BCUT2D eigenvalue weighted by molar-refractivity contribution is 6.46. The van der Waals surface area contributed by atoms with Crippen LogP contribution in [0.5, 0.6) is 5.75 Å². The van der Waals surface area contributed by atoms with Crippen LogP contribution in [0.3, 0.4) is 0 Å². The van der Waals surface area contributed by atoms with E-state index < -0.39 is 17.7 Å². The zero-order valence-electron chi connectivity index (χ0n) is 19.4. The molecule has 4 rings (SSSR count). The molecule has 180 valence electrons. The predicted octanol–water partition coefficient (Wildman–Crippen LogP) is 3.88. The Kier molecular flexibility index (Phi) is 7.56.